The maximum Gasteiger partial charge on any atom is 0.340 e. The van der Waals surface area contributed by atoms with E-state index < -0.39 is 23.7 Å². The van der Waals surface area contributed by atoms with Crippen molar-refractivity contribution in [2.24, 2.45) is 0 Å². The maximum atomic E-state index is 13.2. The Hall–Kier alpha value is -4.07. The number of hydrogen-bond acceptors (Lipinski definition) is 6. The van der Waals surface area contributed by atoms with Crippen molar-refractivity contribution in [3.05, 3.63) is 82.4 Å². The van der Waals surface area contributed by atoms with E-state index in [-0.39, 0.29) is 29.9 Å². The summed E-state index contributed by atoms with van der Waals surface area (Å²) in [4.78, 5) is 42.7. The molecule has 1 aromatic heterocycles. The second-order valence-electron chi connectivity index (χ2n) is 7.39. The summed E-state index contributed by atoms with van der Waals surface area (Å²) in [5, 5.41) is 2.76. The summed E-state index contributed by atoms with van der Waals surface area (Å²) in [5.41, 5.74) is 2.62. The highest BCUT2D eigenvalue weighted by atomic mass is 19.1. The summed E-state index contributed by atoms with van der Waals surface area (Å²) < 4.78 is 23.7. The molecule has 0 atom stereocenters. The van der Waals surface area contributed by atoms with Gasteiger partial charge < -0.3 is 14.8 Å². The maximum absolute atomic E-state index is 13.2. The molecule has 34 heavy (non-hydrogen) atoms. The monoisotopic (exact) mass is 464 g/mol. The minimum atomic E-state index is -0.617. The first-order chi connectivity index (χ1) is 16.3. The van der Waals surface area contributed by atoms with Crippen LogP contribution in [-0.4, -0.2) is 36.0 Å². The predicted molar refractivity (Wildman–Crippen MR) is 125 cm³/mol. The molecule has 8 heteroatoms. The van der Waals surface area contributed by atoms with E-state index in [4.69, 9.17) is 9.47 Å². The third-order valence-corrected chi connectivity index (χ3v) is 5.03. The number of hydrogen-bond donors (Lipinski definition) is 1. The van der Waals surface area contributed by atoms with Gasteiger partial charge >= 0.3 is 11.9 Å². The van der Waals surface area contributed by atoms with Crippen LogP contribution >= 0.6 is 0 Å². The predicted octanol–water partition coefficient (Wildman–Crippen LogP) is 5.11. The minimum Gasteiger partial charge on any atom is -0.462 e. The average molecular weight is 464 g/mol. The van der Waals surface area contributed by atoms with E-state index >= 15 is 0 Å². The largest absolute Gasteiger partial charge is 0.462 e. The average Bonchev–Trinajstić information content (AvgIpc) is 2.79. The summed E-state index contributed by atoms with van der Waals surface area (Å²) in [6, 6.07) is 11.9. The van der Waals surface area contributed by atoms with E-state index in [0.29, 0.717) is 28.2 Å². The van der Waals surface area contributed by atoms with E-state index in [1.807, 2.05) is 0 Å². The van der Waals surface area contributed by atoms with Crippen LogP contribution in [0.3, 0.4) is 0 Å². The molecule has 2 aromatic carbocycles. The van der Waals surface area contributed by atoms with Crippen molar-refractivity contribution in [1.29, 1.82) is 0 Å². The Balaban J connectivity index is 2.14. The quantitative estimate of drug-likeness (QED) is 0.488. The Labute approximate surface area is 196 Å². The second-order valence-corrected chi connectivity index (χ2v) is 7.39. The molecule has 7 nitrogen and oxygen atoms in total. The van der Waals surface area contributed by atoms with Gasteiger partial charge in [-0.1, -0.05) is 12.1 Å². The van der Waals surface area contributed by atoms with Gasteiger partial charge in [0.25, 0.3) is 5.91 Å². The van der Waals surface area contributed by atoms with Gasteiger partial charge in [-0.15, -0.1) is 0 Å². The van der Waals surface area contributed by atoms with Gasteiger partial charge in [0, 0.05) is 16.8 Å². The lowest BCUT2D eigenvalue weighted by Gasteiger charge is -2.18. The van der Waals surface area contributed by atoms with Crippen LogP contribution < -0.4 is 5.32 Å². The smallest absolute Gasteiger partial charge is 0.340 e. The number of nitrogens with one attached hydrogen (secondary N) is 1. The minimum absolute atomic E-state index is 0.147. The van der Waals surface area contributed by atoms with Crippen molar-refractivity contribution in [2.75, 3.05) is 18.5 Å². The van der Waals surface area contributed by atoms with Gasteiger partial charge in [-0.2, -0.15) is 0 Å². The van der Waals surface area contributed by atoms with Gasteiger partial charge in [0.05, 0.1) is 35.7 Å². The molecule has 0 unspecified atom stereocenters. The fraction of sp³-hybridized carbons (Fsp3) is 0.231. The molecule has 0 bridgehead atoms. The van der Waals surface area contributed by atoms with Crippen molar-refractivity contribution < 1.29 is 28.2 Å². The summed E-state index contributed by atoms with van der Waals surface area (Å²) in [6.45, 7) is 7.00. The van der Waals surface area contributed by atoms with Crippen molar-refractivity contribution in [3.63, 3.8) is 0 Å². The topological polar surface area (TPSA) is 94.6 Å². The van der Waals surface area contributed by atoms with Crippen molar-refractivity contribution >= 4 is 23.5 Å². The number of carbonyl (C=O) groups excluding carboxylic acids is 3. The highest BCUT2D eigenvalue weighted by Gasteiger charge is 2.28. The van der Waals surface area contributed by atoms with Crippen LogP contribution in [0.15, 0.2) is 48.5 Å². The number of nitrogens with zero attached hydrogens (tertiary/aromatic N) is 1. The molecule has 0 saturated heterocycles. The molecule has 1 N–H and O–H groups in total. The highest BCUT2D eigenvalue weighted by molar-refractivity contribution is 6.08. The number of halogens is 1. The van der Waals surface area contributed by atoms with Crippen molar-refractivity contribution in [1.82, 2.24) is 4.98 Å². The molecule has 176 valence electrons. The lowest BCUT2D eigenvalue weighted by molar-refractivity contribution is 0.0524. The van der Waals surface area contributed by atoms with Gasteiger partial charge in [0.1, 0.15) is 5.82 Å². The molecular weight excluding hydrogens is 439 g/mol. The van der Waals surface area contributed by atoms with Crippen LogP contribution in [0.1, 0.15) is 56.3 Å². The fourth-order valence-electron chi connectivity index (χ4n) is 3.60. The van der Waals surface area contributed by atoms with Gasteiger partial charge in [-0.05, 0) is 69.7 Å². The SMILES string of the molecule is CCOC(=O)c1c(C)nc(C)c(C(=O)OCC)c1-c1cccc(NC(=O)c2ccc(F)cc2)c1. The van der Waals surface area contributed by atoms with Gasteiger partial charge in [0.15, 0.2) is 0 Å². The van der Waals surface area contributed by atoms with Crippen LogP contribution in [0, 0.1) is 19.7 Å². The number of carbonyl (C=O) groups is 3. The van der Waals surface area contributed by atoms with Crippen LogP contribution in [0.5, 0.6) is 0 Å². The number of rotatable bonds is 7. The number of aromatic nitrogens is 1. The molecule has 3 aromatic rings. The molecule has 0 aliphatic carbocycles. The van der Waals surface area contributed by atoms with Crippen molar-refractivity contribution in [3.8, 4) is 11.1 Å². The zero-order valence-electron chi connectivity index (χ0n) is 19.4. The number of aryl methyl sites for hydroxylation is 2. The number of pyridine rings is 1. The van der Waals surface area contributed by atoms with Crippen LogP contribution in [0.25, 0.3) is 11.1 Å². The normalized spacial score (nSPS) is 10.5. The zero-order valence-corrected chi connectivity index (χ0v) is 19.4. The number of ether oxygens (including phenoxy) is 2. The van der Waals surface area contributed by atoms with Gasteiger partial charge in [-0.25, -0.2) is 14.0 Å². The lowest BCUT2D eigenvalue weighted by atomic mass is 9.92. The van der Waals surface area contributed by atoms with E-state index in [1.54, 1.807) is 52.0 Å². The molecule has 1 heterocycles. The van der Waals surface area contributed by atoms with Gasteiger partial charge in [-0.3, -0.25) is 9.78 Å². The molecule has 0 fully saturated rings. The molecule has 0 aliphatic rings. The van der Waals surface area contributed by atoms with E-state index in [2.05, 4.69) is 10.3 Å². The van der Waals surface area contributed by atoms with E-state index in [1.165, 1.54) is 24.3 Å². The van der Waals surface area contributed by atoms with Crippen LogP contribution in [-0.2, 0) is 9.47 Å². The first kappa shape index (κ1) is 24.6. The number of esters is 2. The third kappa shape index (κ3) is 5.28. The first-order valence-electron chi connectivity index (χ1n) is 10.8. The molecule has 0 radical (unpaired) electrons. The number of anilines is 1. The number of amides is 1. The summed E-state index contributed by atoms with van der Waals surface area (Å²) >= 11 is 0. The Bertz CT molecular complexity index is 1200. The van der Waals surface area contributed by atoms with E-state index in [0.717, 1.165) is 0 Å². The third-order valence-electron chi connectivity index (χ3n) is 5.03. The molecule has 1 amide bonds. The molecule has 3 rings (SSSR count). The summed E-state index contributed by atoms with van der Waals surface area (Å²) in [7, 11) is 0. The van der Waals surface area contributed by atoms with Crippen LogP contribution in [0.4, 0.5) is 10.1 Å². The first-order valence-corrected chi connectivity index (χ1v) is 10.8. The molecule has 0 saturated carbocycles. The summed E-state index contributed by atoms with van der Waals surface area (Å²) in [6.07, 6.45) is 0. The Kier molecular flexibility index (Phi) is 7.73. The van der Waals surface area contributed by atoms with E-state index in [9.17, 15) is 18.8 Å². The molecule has 0 spiro atoms. The molecular formula is C26H25FN2O5. The Morgan fingerprint density at radius 2 is 1.44 bits per heavy atom. The second kappa shape index (κ2) is 10.7. The fourth-order valence-corrected chi connectivity index (χ4v) is 3.60. The summed E-state index contributed by atoms with van der Waals surface area (Å²) in [5.74, 6) is -2.11. The Morgan fingerprint density at radius 1 is 0.882 bits per heavy atom. The molecule has 0 aliphatic heterocycles. The lowest BCUT2D eigenvalue weighted by Crippen LogP contribution is -2.17. The standard InChI is InChI=1S/C26H25FN2O5/c1-5-33-25(31)21-15(3)28-16(4)22(26(32)34-6-2)23(21)18-8-7-9-20(14-18)29-24(30)17-10-12-19(27)13-11-17/h7-14H,5-6H2,1-4H3,(H,29,30). The van der Waals surface area contributed by atoms with Crippen molar-refractivity contribution in [2.45, 2.75) is 27.7 Å². The Morgan fingerprint density at radius 3 is 1.97 bits per heavy atom. The number of benzene rings is 2. The van der Waals surface area contributed by atoms with Crippen LogP contribution in [0.2, 0.25) is 0 Å². The zero-order chi connectivity index (χ0) is 24.8. The van der Waals surface area contributed by atoms with Gasteiger partial charge in [0.2, 0.25) is 0 Å². The highest BCUT2D eigenvalue weighted by Crippen LogP contribution is 2.34.